The second-order valence-corrected chi connectivity index (χ2v) is 8.57. The second kappa shape index (κ2) is 7.27. The van der Waals surface area contributed by atoms with E-state index in [4.69, 9.17) is 0 Å². The number of aryl methyl sites for hydroxylation is 1. The van der Waals surface area contributed by atoms with Crippen LogP contribution in [0.5, 0.6) is 0 Å². The molecule has 2 bridgehead atoms. The molecule has 3 heteroatoms. The Balaban J connectivity index is 0.000000932. The van der Waals surface area contributed by atoms with Crippen molar-refractivity contribution < 1.29 is 4.79 Å². The molecule has 4 aliphatic rings. The lowest BCUT2D eigenvalue weighted by molar-refractivity contribution is -0.187. The average Bonchev–Trinajstić information content (AvgIpc) is 2.70. The van der Waals surface area contributed by atoms with Crippen molar-refractivity contribution >= 4 is 11.6 Å². The molecule has 4 fully saturated rings. The summed E-state index contributed by atoms with van der Waals surface area (Å²) in [5.74, 6) is 0.416. The maximum absolute atomic E-state index is 13.1. The number of hydrogen-bond acceptors (Lipinski definition) is 2. The molecule has 1 amide bonds. The first-order valence-corrected chi connectivity index (χ1v) is 10.8. The molecule has 2 aromatic carbocycles. The second-order valence-electron chi connectivity index (χ2n) is 8.57. The maximum atomic E-state index is 13.1. The van der Waals surface area contributed by atoms with Crippen LogP contribution in [0.25, 0.3) is 0 Å². The van der Waals surface area contributed by atoms with Gasteiger partial charge in [-0.1, -0.05) is 61.9 Å². The van der Waals surface area contributed by atoms with E-state index < -0.39 is 0 Å². The van der Waals surface area contributed by atoms with Gasteiger partial charge in [-0.2, -0.15) is 0 Å². The quantitative estimate of drug-likeness (QED) is 0.769. The first kappa shape index (κ1) is 19.0. The highest BCUT2D eigenvalue weighted by atomic mass is 16.2. The van der Waals surface area contributed by atoms with Crippen molar-refractivity contribution in [2.24, 2.45) is 5.41 Å². The number of piperazine rings is 1. The topological polar surface area (TPSA) is 23.6 Å². The smallest absolute Gasteiger partial charge is 0.229 e. The summed E-state index contributed by atoms with van der Waals surface area (Å²) in [6, 6.07) is 19.5. The molecule has 0 aromatic heterocycles. The van der Waals surface area contributed by atoms with E-state index in [1.165, 1.54) is 16.8 Å². The van der Waals surface area contributed by atoms with Gasteiger partial charge in [0, 0.05) is 31.9 Å². The van der Waals surface area contributed by atoms with Crippen LogP contribution in [0.15, 0.2) is 54.6 Å². The minimum absolute atomic E-state index is 0.0419. The lowest BCUT2D eigenvalue weighted by Crippen LogP contribution is -2.71. The molecule has 1 heterocycles. The predicted molar refractivity (Wildman–Crippen MR) is 116 cm³/mol. The number of carbonyl (C=O) groups is 1. The predicted octanol–water partition coefficient (Wildman–Crippen LogP) is 4.79. The van der Waals surface area contributed by atoms with Crippen molar-refractivity contribution in [2.45, 2.75) is 45.4 Å². The molecule has 3 nitrogen and oxygen atoms in total. The van der Waals surface area contributed by atoms with E-state index in [0.717, 1.165) is 45.4 Å². The Labute approximate surface area is 169 Å². The largest absolute Gasteiger partial charge is 0.368 e. The monoisotopic (exact) mass is 376 g/mol. The fourth-order valence-corrected chi connectivity index (χ4v) is 5.37. The third-order valence-electron chi connectivity index (χ3n) is 6.84. The Bertz CT molecular complexity index is 800. The van der Waals surface area contributed by atoms with Crippen LogP contribution in [0.4, 0.5) is 5.69 Å². The molecule has 148 valence electrons. The highest BCUT2D eigenvalue weighted by Crippen LogP contribution is 2.74. The molecule has 2 aromatic rings. The summed E-state index contributed by atoms with van der Waals surface area (Å²) < 4.78 is 0. The number of nitrogens with zero attached hydrogens (tertiary/aromatic N) is 2. The molecule has 28 heavy (non-hydrogen) atoms. The SMILES string of the molecule is CC.Cc1ccc(C23CC(C(=O)N4CCN(c5ccccc5)CC4)(C2)C3)cc1. The molecular formula is C25H32N2O. The Morgan fingerprint density at radius 1 is 0.821 bits per heavy atom. The van der Waals surface area contributed by atoms with E-state index in [1.807, 2.05) is 13.8 Å². The summed E-state index contributed by atoms with van der Waals surface area (Å²) in [5, 5.41) is 0. The lowest BCUT2D eigenvalue weighted by Gasteiger charge is -2.70. The fraction of sp³-hybridized carbons (Fsp3) is 0.480. The first-order chi connectivity index (χ1) is 13.6. The molecule has 0 atom stereocenters. The van der Waals surface area contributed by atoms with Crippen LogP contribution >= 0.6 is 0 Å². The summed E-state index contributed by atoms with van der Waals surface area (Å²) in [4.78, 5) is 17.6. The standard InChI is InChI=1S/C23H26N2O.C2H6/c1-18-7-9-19(10-8-18)22-15-23(16-22,17-22)21(26)25-13-11-24(12-14-25)20-5-3-2-4-6-20;1-2/h2-10H,11-17H2,1H3;1-2H3. The van der Waals surface area contributed by atoms with Gasteiger partial charge in [-0.05, 0) is 49.3 Å². The molecule has 1 aliphatic heterocycles. The molecule has 0 radical (unpaired) electrons. The van der Waals surface area contributed by atoms with E-state index in [2.05, 4.69) is 71.3 Å². The Hall–Kier alpha value is -2.29. The van der Waals surface area contributed by atoms with E-state index in [9.17, 15) is 4.79 Å². The van der Waals surface area contributed by atoms with Gasteiger partial charge >= 0.3 is 0 Å². The normalized spacial score (nSPS) is 27.8. The molecule has 0 spiro atoms. The number of rotatable bonds is 3. The maximum Gasteiger partial charge on any atom is 0.229 e. The van der Waals surface area contributed by atoms with Crippen LogP contribution in [0.3, 0.4) is 0 Å². The van der Waals surface area contributed by atoms with Gasteiger partial charge in [-0.3, -0.25) is 4.79 Å². The van der Waals surface area contributed by atoms with Gasteiger partial charge in [0.15, 0.2) is 0 Å². The van der Waals surface area contributed by atoms with E-state index >= 15 is 0 Å². The minimum atomic E-state index is -0.0419. The van der Waals surface area contributed by atoms with E-state index in [0.29, 0.717) is 11.3 Å². The van der Waals surface area contributed by atoms with Crippen molar-refractivity contribution in [2.75, 3.05) is 31.1 Å². The van der Waals surface area contributed by atoms with Crippen LogP contribution in [-0.4, -0.2) is 37.0 Å². The van der Waals surface area contributed by atoms with Crippen LogP contribution < -0.4 is 4.90 Å². The summed E-state index contributed by atoms with van der Waals surface area (Å²) in [6.45, 7) is 9.72. The Morgan fingerprint density at radius 3 is 1.96 bits per heavy atom. The first-order valence-electron chi connectivity index (χ1n) is 10.8. The van der Waals surface area contributed by atoms with Gasteiger partial charge in [0.05, 0.1) is 5.41 Å². The van der Waals surface area contributed by atoms with Crippen molar-refractivity contribution in [1.82, 2.24) is 4.90 Å². The molecule has 1 saturated heterocycles. The van der Waals surface area contributed by atoms with Gasteiger partial charge in [-0.15, -0.1) is 0 Å². The number of benzene rings is 2. The molecule has 3 aliphatic carbocycles. The van der Waals surface area contributed by atoms with Crippen molar-refractivity contribution in [1.29, 1.82) is 0 Å². The zero-order chi connectivity index (χ0) is 19.8. The molecule has 0 unspecified atom stereocenters. The van der Waals surface area contributed by atoms with Crippen molar-refractivity contribution in [3.63, 3.8) is 0 Å². The van der Waals surface area contributed by atoms with E-state index in [-0.39, 0.29) is 5.41 Å². The van der Waals surface area contributed by atoms with Gasteiger partial charge in [0.25, 0.3) is 0 Å². The van der Waals surface area contributed by atoms with Gasteiger partial charge in [0.1, 0.15) is 0 Å². The Morgan fingerprint density at radius 2 is 1.39 bits per heavy atom. The molecular weight excluding hydrogens is 344 g/mol. The van der Waals surface area contributed by atoms with Gasteiger partial charge in [0.2, 0.25) is 5.91 Å². The molecule has 6 rings (SSSR count). The Kier molecular flexibility index (Phi) is 4.95. The zero-order valence-electron chi connectivity index (χ0n) is 17.4. The number of hydrogen-bond donors (Lipinski definition) is 0. The number of carbonyl (C=O) groups excluding carboxylic acids is 1. The van der Waals surface area contributed by atoms with Crippen molar-refractivity contribution in [3.05, 3.63) is 65.7 Å². The third-order valence-corrected chi connectivity index (χ3v) is 6.84. The van der Waals surface area contributed by atoms with Crippen LogP contribution in [-0.2, 0) is 10.2 Å². The molecule has 0 N–H and O–H groups in total. The van der Waals surface area contributed by atoms with Gasteiger partial charge < -0.3 is 9.80 Å². The third kappa shape index (κ3) is 3.01. The summed E-state index contributed by atoms with van der Waals surface area (Å²) in [6.07, 6.45) is 3.17. The van der Waals surface area contributed by atoms with Crippen LogP contribution in [0, 0.1) is 12.3 Å². The summed E-state index contributed by atoms with van der Waals surface area (Å²) >= 11 is 0. The van der Waals surface area contributed by atoms with E-state index in [1.54, 1.807) is 0 Å². The zero-order valence-corrected chi connectivity index (χ0v) is 17.4. The van der Waals surface area contributed by atoms with Crippen LogP contribution in [0.2, 0.25) is 0 Å². The van der Waals surface area contributed by atoms with Gasteiger partial charge in [-0.25, -0.2) is 0 Å². The highest BCUT2D eigenvalue weighted by Gasteiger charge is 2.72. The van der Waals surface area contributed by atoms with Crippen molar-refractivity contribution in [3.8, 4) is 0 Å². The number of para-hydroxylation sites is 1. The number of anilines is 1. The summed E-state index contributed by atoms with van der Waals surface area (Å²) in [5.41, 5.74) is 4.27. The minimum Gasteiger partial charge on any atom is -0.368 e. The average molecular weight is 377 g/mol. The summed E-state index contributed by atoms with van der Waals surface area (Å²) in [7, 11) is 0. The van der Waals surface area contributed by atoms with Crippen LogP contribution in [0.1, 0.15) is 44.2 Å². The highest BCUT2D eigenvalue weighted by molar-refractivity contribution is 5.88. The lowest BCUT2D eigenvalue weighted by atomic mass is 9.33. The fourth-order valence-electron chi connectivity index (χ4n) is 5.37. The molecule has 3 saturated carbocycles. The number of amides is 1.